The number of rotatable bonds is 2. The molecule has 1 aromatic carbocycles. The van der Waals surface area contributed by atoms with Gasteiger partial charge in [-0.25, -0.2) is 9.78 Å². The van der Waals surface area contributed by atoms with Crippen molar-refractivity contribution in [3.8, 4) is 0 Å². The Balaban J connectivity index is 1.24. The lowest BCUT2D eigenvalue weighted by atomic mass is 9.67. The van der Waals surface area contributed by atoms with Crippen molar-refractivity contribution in [2.75, 3.05) is 56.6 Å². The summed E-state index contributed by atoms with van der Waals surface area (Å²) >= 11 is 0. The molecule has 2 saturated heterocycles. The summed E-state index contributed by atoms with van der Waals surface area (Å²) in [6, 6.07) is 9.34. The number of aromatic nitrogens is 2. The Labute approximate surface area is 191 Å². The van der Waals surface area contributed by atoms with Crippen molar-refractivity contribution in [2.45, 2.75) is 43.6 Å². The first-order chi connectivity index (χ1) is 15.6. The van der Waals surface area contributed by atoms with Crippen LogP contribution in [0.25, 0.3) is 0 Å². The number of anilines is 2. The lowest BCUT2D eigenvalue weighted by Gasteiger charge is -2.50. The fourth-order valence-electron chi connectivity index (χ4n) is 5.93. The second-order valence-corrected chi connectivity index (χ2v) is 9.69. The van der Waals surface area contributed by atoms with Gasteiger partial charge in [-0.2, -0.15) is 0 Å². The van der Waals surface area contributed by atoms with E-state index in [1.54, 1.807) is 17.3 Å². The maximum Gasteiger partial charge on any atom is 0.323 e. The molecule has 3 aliphatic heterocycles. The van der Waals surface area contributed by atoms with Gasteiger partial charge in [0.1, 0.15) is 5.82 Å². The molecule has 0 unspecified atom stereocenters. The monoisotopic (exact) mass is 434 g/mol. The lowest BCUT2D eigenvalue weighted by Crippen LogP contribution is -2.53. The van der Waals surface area contributed by atoms with Gasteiger partial charge < -0.3 is 14.7 Å². The molecule has 3 aliphatic rings. The number of benzene rings is 1. The van der Waals surface area contributed by atoms with E-state index in [1.165, 1.54) is 31.2 Å². The number of fused-ring (bicyclic) bond motifs is 2. The number of para-hydroxylation sites is 1. The standard InChI is InChI=1S/C25H34N6O/c1-28(2)24(32)31-18-11-25(21-5-3-4-6-22(21)31)9-16-29(17-10-25)20-7-14-30(15-8-20)23-19-26-12-13-27-23/h3-6,12-13,19-20H,7-11,14-18H2,1-2H3. The van der Waals surface area contributed by atoms with E-state index in [-0.39, 0.29) is 11.4 Å². The van der Waals surface area contributed by atoms with Crippen molar-refractivity contribution < 1.29 is 4.79 Å². The summed E-state index contributed by atoms with van der Waals surface area (Å²) in [5.41, 5.74) is 2.69. The zero-order valence-electron chi connectivity index (χ0n) is 19.3. The average Bonchev–Trinajstić information content (AvgIpc) is 2.85. The first-order valence-corrected chi connectivity index (χ1v) is 11.9. The molecular weight excluding hydrogens is 400 g/mol. The quantitative estimate of drug-likeness (QED) is 0.725. The minimum absolute atomic E-state index is 0.0830. The lowest BCUT2D eigenvalue weighted by molar-refractivity contribution is 0.0947. The van der Waals surface area contributed by atoms with Gasteiger partial charge in [0.15, 0.2) is 0 Å². The highest BCUT2D eigenvalue weighted by molar-refractivity contribution is 5.93. The molecule has 2 fully saturated rings. The topological polar surface area (TPSA) is 55.8 Å². The van der Waals surface area contributed by atoms with Crippen molar-refractivity contribution in [1.29, 1.82) is 0 Å². The third-order valence-corrected chi connectivity index (χ3v) is 7.80. The molecule has 2 amide bonds. The van der Waals surface area contributed by atoms with Gasteiger partial charge >= 0.3 is 6.03 Å². The van der Waals surface area contributed by atoms with Gasteiger partial charge in [0.05, 0.1) is 6.20 Å². The highest BCUT2D eigenvalue weighted by atomic mass is 16.2. The summed E-state index contributed by atoms with van der Waals surface area (Å²) in [6.07, 6.45) is 11.2. The zero-order valence-corrected chi connectivity index (χ0v) is 19.3. The van der Waals surface area contributed by atoms with Crippen LogP contribution in [0.1, 0.15) is 37.7 Å². The van der Waals surface area contributed by atoms with Crippen LogP contribution >= 0.6 is 0 Å². The predicted octanol–water partition coefficient (Wildman–Crippen LogP) is 3.37. The van der Waals surface area contributed by atoms with Gasteiger partial charge in [-0.3, -0.25) is 9.88 Å². The molecule has 7 nitrogen and oxygen atoms in total. The van der Waals surface area contributed by atoms with Crippen LogP contribution in [0.2, 0.25) is 0 Å². The number of amides is 2. The maximum absolute atomic E-state index is 12.8. The first-order valence-electron chi connectivity index (χ1n) is 11.9. The summed E-state index contributed by atoms with van der Waals surface area (Å²) in [4.78, 5) is 30.2. The number of carbonyl (C=O) groups is 1. The number of carbonyl (C=O) groups excluding carboxylic acids is 1. The van der Waals surface area contributed by atoms with Gasteiger partial charge in [-0.1, -0.05) is 18.2 Å². The Kier molecular flexibility index (Phi) is 5.76. The smallest absolute Gasteiger partial charge is 0.323 e. The van der Waals surface area contributed by atoms with Crippen LogP contribution in [-0.2, 0) is 5.41 Å². The van der Waals surface area contributed by atoms with E-state index in [0.717, 1.165) is 50.6 Å². The Morgan fingerprint density at radius 2 is 1.72 bits per heavy atom. The second-order valence-electron chi connectivity index (χ2n) is 9.69. The minimum atomic E-state index is 0.0830. The third-order valence-electron chi connectivity index (χ3n) is 7.80. The molecule has 0 aliphatic carbocycles. The summed E-state index contributed by atoms with van der Waals surface area (Å²) in [5.74, 6) is 0.999. The molecule has 170 valence electrons. The number of piperidine rings is 2. The van der Waals surface area contributed by atoms with Gasteiger partial charge in [-0.15, -0.1) is 0 Å². The highest BCUT2D eigenvalue weighted by Gasteiger charge is 2.43. The van der Waals surface area contributed by atoms with E-state index in [4.69, 9.17) is 0 Å². The SMILES string of the molecule is CN(C)C(=O)N1CCC2(CCN(C3CCN(c4cnccn4)CC3)CC2)c2ccccc21. The van der Waals surface area contributed by atoms with Gasteiger partial charge in [-0.05, 0) is 56.8 Å². The number of urea groups is 1. The Morgan fingerprint density at radius 1 is 1.00 bits per heavy atom. The molecule has 4 heterocycles. The van der Waals surface area contributed by atoms with Crippen LogP contribution in [0.5, 0.6) is 0 Å². The Bertz CT molecular complexity index is 932. The van der Waals surface area contributed by atoms with Gasteiger partial charge in [0.2, 0.25) is 0 Å². The molecule has 1 aromatic heterocycles. The molecule has 32 heavy (non-hydrogen) atoms. The summed E-state index contributed by atoms with van der Waals surface area (Å²) < 4.78 is 0. The second kappa shape index (κ2) is 8.70. The maximum atomic E-state index is 12.8. The predicted molar refractivity (Wildman–Crippen MR) is 127 cm³/mol. The van der Waals surface area contributed by atoms with E-state index in [1.807, 2.05) is 25.2 Å². The van der Waals surface area contributed by atoms with Crippen LogP contribution < -0.4 is 9.80 Å². The number of nitrogens with zero attached hydrogens (tertiary/aromatic N) is 6. The summed E-state index contributed by atoms with van der Waals surface area (Å²) in [5, 5.41) is 0. The fourth-order valence-corrected chi connectivity index (χ4v) is 5.93. The van der Waals surface area contributed by atoms with Crippen LogP contribution in [0.4, 0.5) is 16.3 Å². The van der Waals surface area contributed by atoms with Crippen LogP contribution in [0.3, 0.4) is 0 Å². The number of hydrogen-bond donors (Lipinski definition) is 0. The average molecular weight is 435 g/mol. The third kappa shape index (κ3) is 3.83. The van der Waals surface area contributed by atoms with Crippen molar-refractivity contribution in [2.24, 2.45) is 0 Å². The molecule has 0 atom stereocenters. The summed E-state index contributed by atoms with van der Waals surface area (Å²) in [7, 11) is 3.67. The van der Waals surface area contributed by atoms with E-state index in [0.29, 0.717) is 6.04 Å². The molecule has 7 heteroatoms. The number of hydrogen-bond acceptors (Lipinski definition) is 5. The summed E-state index contributed by atoms with van der Waals surface area (Å²) in [6.45, 7) is 5.20. The Morgan fingerprint density at radius 3 is 2.41 bits per heavy atom. The van der Waals surface area contributed by atoms with E-state index < -0.39 is 0 Å². The van der Waals surface area contributed by atoms with Crippen molar-refractivity contribution in [3.05, 3.63) is 48.4 Å². The van der Waals surface area contributed by atoms with Crippen LogP contribution in [-0.4, -0.2) is 78.7 Å². The molecule has 0 saturated carbocycles. The normalized spacial score (nSPS) is 21.4. The van der Waals surface area contributed by atoms with E-state index in [2.05, 4.69) is 44.0 Å². The molecule has 0 radical (unpaired) electrons. The first kappa shape index (κ1) is 21.2. The van der Waals surface area contributed by atoms with Crippen LogP contribution in [0.15, 0.2) is 42.9 Å². The molecule has 5 rings (SSSR count). The van der Waals surface area contributed by atoms with E-state index >= 15 is 0 Å². The molecule has 1 spiro atoms. The Hall–Kier alpha value is -2.67. The molecular formula is C25H34N6O. The molecule has 0 bridgehead atoms. The molecule has 0 N–H and O–H groups in total. The van der Waals surface area contributed by atoms with Gasteiger partial charge in [0, 0.05) is 63.3 Å². The molecule has 2 aromatic rings. The van der Waals surface area contributed by atoms with Crippen molar-refractivity contribution in [3.63, 3.8) is 0 Å². The highest BCUT2D eigenvalue weighted by Crippen LogP contribution is 2.47. The van der Waals surface area contributed by atoms with Crippen molar-refractivity contribution >= 4 is 17.5 Å². The van der Waals surface area contributed by atoms with Crippen molar-refractivity contribution in [1.82, 2.24) is 19.8 Å². The largest absolute Gasteiger partial charge is 0.355 e. The fraction of sp³-hybridized carbons (Fsp3) is 0.560. The van der Waals surface area contributed by atoms with Gasteiger partial charge in [0.25, 0.3) is 0 Å². The van der Waals surface area contributed by atoms with Crippen LogP contribution in [0, 0.1) is 0 Å². The zero-order chi connectivity index (χ0) is 22.1. The van der Waals surface area contributed by atoms with E-state index in [9.17, 15) is 4.79 Å². The number of likely N-dealkylation sites (tertiary alicyclic amines) is 1. The minimum Gasteiger partial charge on any atom is -0.355 e.